The third-order valence-corrected chi connectivity index (χ3v) is 6.00. The van der Waals surface area contributed by atoms with Gasteiger partial charge >= 0.3 is 6.09 Å². The van der Waals surface area contributed by atoms with Gasteiger partial charge in [-0.05, 0) is 75.5 Å². The highest BCUT2D eigenvalue weighted by atomic mass is 16.6. The normalized spacial score (nSPS) is 27.4. The molecule has 2 atom stereocenters. The van der Waals surface area contributed by atoms with Crippen LogP contribution in [0.15, 0.2) is 30.6 Å². The van der Waals surface area contributed by atoms with Crippen LogP contribution in [0, 0.1) is 17.8 Å². The molecule has 150 valence electrons. The first-order valence-electron chi connectivity index (χ1n) is 10.1. The van der Waals surface area contributed by atoms with Crippen LogP contribution in [0.5, 0.6) is 0 Å². The lowest BCUT2D eigenvalue weighted by Gasteiger charge is -2.26. The molecular weight excluding hydrogens is 354 g/mol. The van der Waals surface area contributed by atoms with Crippen molar-refractivity contribution < 1.29 is 14.3 Å². The third kappa shape index (κ3) is 4.37. The zero-order chi connectivity index (χ0) is 19.9. The van der Waals surface area contributed by atoms with Crippen molar-refractivity contribution in [3.05, 3.63) is 36.2 Å². The number of likely N-dealkylation sites (tertiary alicyclic amines) is 1. The third-order valence-electron chi connectivity index (χ3n) is 6.00. The van der Waals surface area contributed by atoms with Crippen LogP contribution >= 0.6 is 0 Å². The number of carbonyl (C=O) groups is 2. The highest BCUT2D eigenvalue weighted by molar-refractivity contribution is 5.92. The molecule has 0 radical (unpaired) electrons. The molecule has 2 aliphatic carbocycles. The summed E-state index contributed by atoms with van der Waals surface area (Å²) in [6.07, 6.45) is 9.75. The van der Waals surface area contributed by atoms with E-state index in [1.165, 1.54) is 0 Å². The van der Waals surface area contributed by atoms with Gasteiger partial charge in [0.05, 0.1) is 0 Å². The monoisotopic (exact) mass is 383 g/mol. The smallest absolute Gasteiger partial charge is 0.410 e. The van der Waals surface area contributed by atoms with Crippen LogP contribution in [-0.2, 0) is 9.53 Å². The zero-order valence-electron chi connectivity index (χ0n) is 16.9. The molecular formula is C22H29N3O3. The Morgan fingerprint density at radius 3 is 2.61 bits per heavy atom. The summed E-state index contributed by atoms with van der Waals surface area (Å²) < 4.78 is 5.47. The molecule has 1 N–H and O–H groups in total. The second-order valence-corrected chi connectivity index (χ2v) is 9.47. The van der Waals surface area contributed by atoms with Gasteiger partial charge in [0, 0.05) is 37.1 Å². The Hall–Kier alpha value is -2.37. The minimum absolute atomic E-state index is 0.0393. The van der Waals surface area contributed by atoms with Crippen molar-refractivity contribution in [1.29, 1.82) is 0 Å². The number of hydrogen-bond acceptors (Lipinski definition) is 4. The Balaban J connectivity index is 1.24. The summed E-state index contributed by atoms with van der Waals surface area (Å²) in [7, 11) is 0. The standard InChI is InChI=1S/C22H29N3O3/c1-21(2,3)28-20(27)25-13-17-16(18(17)14-25)11-22(8-9-22)24-19(26)7-6-15-5-4-10-23-12-15/h4-7,10,12,16-18H,8-9,11,13-14H2,1-3H3,(H,24,26)/b7-6+. The maximum absolute atomic E-state index is 12.3. The van der Waals surface area contributed by atoms with Gasteiger partial charge in [-0.25, -0.2) is 4.79 Å². The quantitative estimate of drug-likeness (QED) is 0.793. The topological polar surface area (TPSA) is 71.5 Å². The summed E-state index contributed by atoms with van der Waals surface area (Å²) in [5.74, 6) is 1.70. The second-order valence-electron chi connectivity index (χ2n) is 9.47. The Labute approximate surface area is 166 Å². The Kier molecular flexibility index (Phi) is 4.68. The van der Waals surface area contributed by atoms with Crippen LogP contribution in [0.2, 0.25) is 0 Å². The lowest BCUT2D eigenvalue weighted by molar-refractivity contribution is -0.117. The zero-order valence-corrected chi connectivity index (χ0v) is 16.9. The SMILES string of the molecule is CC(C)(C)OC(=O)N1CC2C(C1)C2CC1(NC(=O)/C=C/c2cccnc2)CC1. The molecule has 0 spiro atoms. The van der Waals surface area contributed by atoms with Gasteiger partial charge in [0.15, 0.2) is 0 Å². The van der Waals surface area contributed by atoms with E-state index in [4.69, 9.17) is 4.74 Å². The van der Waals surface area contributed by atoms with E-state index >= 15 is 0 Å². The number of fused-ring (bicyclic) bond motifs is 1. The number of amides is 2. The minimum atomic E-state index is -0.449. The molecule has 6 heteroatoms. The van der Waals surface area contributed by atoms with Crippen LogP contribution in [0.3, 0.4) is 0 Å². The Morgan fingerprint density at radius 1 is 1.32 bits per heavy atom. The number of pyridine rings is 1. The van der Waals surface area contributed by atoms with Crippen molar-refractivity contribution in [2.24, 2.45) is 17.8 Å². The fourth-order valence-corrected chi connectivity index (χ4v) is 4.36. The molecule has 2 unspecified atom stereocenters. The fraction of sp³-hybridized carbons (Fsp3) is 0.591. The lowest BCUT2D eigenvalue weighted by atomic mass is 10.0. The van der Waals surface area contributed by atoms with Crippen molar-refractivity contribution >= 4 is 18.1 Å². The number of aromatic nitrogens is 1. The molecule has 2 amide bonds. The van der Waals surface area contributed by atoms with E-state index < -0.39 is 5.60 Å². The van der Waals surface area contributed by atoms with E-state index in [0.717, 1.165) is 37.9 Å². The van der Waals surface area contributed by atoms with Gasteiger partial charge in [-0.15, -0.1) is 0 Å². The predicted octanol–water partition coefficient (Wildman–Crippen LogP) is 3.25. The fourth-order valence-electron chi connectivity index (χ4n) is 4.36. The molecule has 1 aromatic rings. The summed E-state index contributed by atoms with van der Waals surface area (Å²) in [6.45, 7) is 7.26. The average molecular weight is 383 g/mol. The first kappa shape index (κ1) is 19.0. The molecule has 0 aromatic carbocycles. The van der Waals surface area contributed by atoms with Crippen molar-refractivity contribution in [2.75, 3.05) is 13.1 Å². The number of carbonyl (C=O) groups excluding carboxylic acids is 2. The number of nitrogens with one attached hydrogen (secondary N) is 1. The van der Waals surface area contributed by atoms with E-state index in [-0.39, 0.29) is 17.5 Å². The van der Waals surface area contributed by atoms with Gasteiger partial charge in [0.1, 0.15) is 5.60 Å². The van der Waals surface area contributed by atoms with Gasteiger partial charge in [0.25, 0.3) is 0 Å². The maximum atomic E-state index is 12.3. The minimum Gasteiger partial charge on any atom is -0.444 e. The molecule has 0 bridgehead atoms. The van der Waals surface area contributed by atoms with Crippen LogP contribution < -0.4 is 5.32 Å². The largest absolute Gasteiger partial charge is 0.444 e. The van der Waals surface area contributed by atoms with Crippen molar-refractivity contribution in [3.63, 3.8) is 0 Å². The van der Waals surface area contributed by atoms with Crippen LogP contribution in [0.1, 0.15) is 45.6 Å². The number of rotatable bonds is 5. The molecule has 6 nitrogen and oxygen atoms in total. The second kappa shape index (κ2) is 6.90. The summed E-state index contributed by atoms with van der Waals surface area (Å²) >= 11 is 0. The molecule has 4 rings (SSSR count). The van der Waals surface area contributed by atoms with E-state index in [0.29, 0.717) is 17.8 Å². The van der Waals surface area contributed by atoms with E-state index in [1.807, 2.05) is 37.8 Å². The van der Waals surface area contributed by atoms with Crippen molar-refractivity contribution in [1.82, 2.24) is 15.2 Å². The van der Waals surface area contributed by atoms with E-state index in [9.17, 15) is 9.59 Å². The molecule has 28 heavy (non-hydrogen) atoms. The molecule has 1 aromatic heterocycles. The summed E-state index contributed by atoms with van der Waals surface area (Å²) in [5, 5.41) is 3.21. The van der Waals surface area contributed by atoms with Gasteiger partial charge in [-0.1, -0.05) is 6.07 Å². The summed E-state index contributed by atoms with van der Waals surface area (Å²) in [4.78, 5) is 30.4. The molecule has 3 aliphatic rings. The van der Waals surface area contributed by atoms with Crippen molar-refractivity contribution in [2.45, 2.75) is 51.2 Å². The molecule has 2 saturated carbocycles. The maximum Gasteiger partial charge on any atom is 0.410 e. The van der Waals surface area contributed by atoms with Crippen LogP contribution in [0.25, 0.3) is 6.08 Å². The highest BCUT2D eigenvalue weighted by Crippen LogP contribution is 2.58. The first-order valence-corrected chi connectivity index (χ1v) is 10.1. The Morgan fingerprint density at radius 2 is 2.04 bits per heavy atom. The van der Waals surface area contributed by atoms with Gasteiger partial charge in [0.2, 0.25) is 5.91 Å². The summed E-state index contributed by atoms with van der Waals surface area (Å²) in [5.41, 5.74) is 0.429. The number of ether oxygens (including phenoxy) is 1. The van der Waals surface area contributed by atoms with Gasteiger partial charge in [-0.2, -0.15) is 0 Å². The van der Waals surface area contributed by atoms with E-state index in [2.05, 4.69) is 10.3 Å². The first-order chi connectivity index (χ1) is 13.2. The van der Waals surface area contributed by atoms with Gasteiger partial charge < -0.3 is 15.0 Å². The number of hydrogen-bond donors (Lipinski definition) is 1. The Bertz CT molecular complexity index is 768. The van der Waals surface area contributed by atoms with Crippen molar-refractivity contribution in [3.8, 4) is 0 Å². The highest BCUT2D eigenvalue weighted by Gasteiger charge is 2.61. The van der Waals surface area contributed by atoms with Gasteiger partial charge in [-0.3, -0.25) is 9.78 Å². The average Bonchev–Trinajstić information content (AvgIpc) is 3.47. The molecule has 1 aliphatic heterocycles. The van der Waals surface area contributed by atoms with E-state index in [1.54, 1.807) is 24.5 Å². The van der Waals surface area contributed by atoms with Crippen LogP contribution in [0.4, 0.5) is 4.79 Å². The molecule has 2 heterocycles. The lowest BCUT2D eigenvalue weighted by Crippen LogP contribution is -2.39. The van der Waals surface area contributed by atoms with Crippen LogP contribution in [-0.4, -0.2) is 46.1 Å². The number of nitrogens with zero attached hydrogens (tertiary/aromatic N) is 2. The molecule has 1 saturated heterocycles. The predicted molar refractivity (Wildman–Crippen MR) is 106 cm³/mol. The number of piperidine rings is 1. The molecule has 3 fully saturated rings. The summed E-state index contributed by atoms with van der Waals surface area (Å²) in [6, 6.07) is 3.78.